The van der Waals surface area contributed by atoms with E-state index in [1.807, 2.05) is 47.4 Å². The minimum absolute atomic E-state index is 0.120. The maximum absolute atomic E-state index is 13.7. The minimum atomic E-state index is -0.282. The fourth-order valence-corrected chi connectivity index (χ4v) is 5.95. The molecule has 2 aromatic heterocycles. The molecule has 1 fully saturated rings. The third kappa shape index (κ3) is 7.50. The second-order valence-corrected chi connectivity index (χ2v) is 11.2. The zero-order chi connectivity index (χ0) is 30.2. The van der Waals surface area contributed by atoms with Crippen molar-refractivity contribution >= 4 is 39.6 Å². The zero-order valence-electron chi connectivity index (χ0n) is 25.3. The Morgan fingerprint density at radius 1 is 1.00 bits per heavy atom. The lowest BCUT2D eigenvalue weighted by Gasteiger charge is -2.30. The maximum Gasteiger partial charge on any atom is 0.309 e. The quantitative estimate of drug-likeness (QED) is 0.234. The number of aromatic nitrogens is 3. The summed E-state index contributed by atoms with van der Waals surface area (Å²) in [6, 6.07) is 15.8. The van der Waals surface area contributed by atoms with Crippen molar-refractivity contribution in [2.24, 2.45) is 0 Å². The normalized spacial score (nSPS) is 13.9. The molecule has 1 amide bonds. The van der Waals surface area contributed by atoms with Crippen molar-refractivity contribution in [3.63, 3.8) is 0 Å². The number of rotatable bonds is 13. The Kier molecular flexibility index (Phi) is 10.2. The summed E-state index contributed by atoms with van der Waals surface area (Å²) in [7, 11) is 3.08. The molecule has 1 aliphatic heterocycles. The first-order valence-corrected chi connectivity index (χ1v) is 15.1. The summed E-state index contributed by atoms with van der Waals surface area (Å²) in [5.41, 5.74) is 10.7. The minimum Gasteiger partial charge on any atom is -0.469 e. The highest BCUT2D eigenvalue weighted by Gasteiger charge is 2.21. The van der Waals surface area contributed by atoms with Crippen LogP contribution < -0.4 is 5.73 Å². The molecule has 4 aromatic rings. The van der Waals surface area contributed by atoms with Crippen LogP contribution in [0.4, 0.5) is 5.82 Å². The summed E-state index contributed by atoms with van der Waals surface area (Å²) >= 11 is 0. The Labute approximate surface area is 252 Å². The van der Waals surface area contributed by atoms with Crippen molar-refractivity contribution in [3.8, 4) is 0 Å². The van der Waals surface area contributed by atoms with Crippen molar-refractivity contribution in [2.45, 2.75) is 51.6 Å². The van der Waals surface area contributed by atoms with E-state index in [4.69, 9.17) is 20.2 Å². The number of methoxy groups -OCH3 is 2. The summed E-state index contributed by atoms with van der Waals surface area (Å²) in [6.07, 6.45) is 5.06. The SMILES string of the molecule is COCCc1nc2c(N)nc3ccccc3c2n1CCCN(Cc1cccc(CC(=O)OC)c1)C(=O)CN1CCCCC1. The number of hydrogen-bond donors (Lipinski definition) is 1. The fraction of sp³-hybridized carbons (Fsp3) is 0.455. The molecule has 1 saturated heterocycles. The first-order valence-electron chi connectivity index (χ1n) is 15.1. The monoisotopic (exact) mass is 586 g/mol. The number of carbonyl (C=O) groups excluding carboxylic acids is 2. The van der Waals surface area contributed by atoms with Crippen LogP contribution >= 0.6 is 0 Å². The molecule has 10 heteroatoms. The number of amides is 1. The largest absolute Gasteiger partial charge is 0.469 e. The van der Waals surface area contributed by atoms with E-state index in [2.05, 4.69) is 20.5 Å². The molecule has 0 bridgehead atoms. The van der Waals surface area contributed by atoms with E-state index in [9.17, 15) is 9.59 Å². The van der Waals surface area contributed by atoms with Crippen molar-refractivity contribution in [3.05, 3.63) is 65.5 Å². The number of likely N-dealkylation sites (tertiary alicyclic amines) is 1. The molecule has 43 heavy (non-hydrogen) atoms. The maximum atomic E-state index is 13.7. The molecule has 2 N–H and O–H groups in total. The van der Waals surface area contributed by atoms with Gasteiger partial charge in [0.05, 0.1) is 37.7 Å². The lowest BCUT2D eigenvalue weighted by atomic mass is 10.1. The van der Waals surface area contributed by atoms with E-state index in [1.165, 1.54) is 13.5 Å². The van der Waals surface area contributed by atoms with E-state index < -0.39 is 0 Å². The highest BCUT2D eigenvalue weighted by molar-refractivity contribution is 6.06. The second kappa shape index (κ2) is 14.4. The van der Waals surface area contributed by atoms with Crippen molar-refractivity contribution in [2.75, 3.05) is 52.7 Å². The van der Waals surface area contributed by atoms with Crippen LogP contribution in [-0.2, 0) is 45.0 Å². The highest BCUT2D eigenvalue weighted by Crippen LogP contribution is 2.29. The first kappa shape index (κ1) is 30.4. The molecule has 5 rings (SSSR count). The molecule has 0 aliphatic carbocycles. The zero-order valence-corrected chi connectivity index (χ0v) is 25.3. The highest BCUT2D eigenvalue weighted by atomic mass is 16.5. The molecule has 1 aliphatic rings. The van der Waals surface area contributed by atoms with Gasteiger partial charge in [-0.25, -0.2) is 9.97 Å². The van der Waals surface area contributed by atoms with Crippen molar-refractivity contribution in [1.29, 1.82) is 0 Å². The van der Waals surface area contributed by atoms with Gasteiger partial charge in [-0.05, 0) is 49.5 Å². The summed E-state index contributed by atoms with van der Waals surface area (Å²) < 4.78 is 12.5. The Hall–Kier alpha value is -4.02. The number of nitrogen functional groups attached to an aromatic ring is 1. The molecule has 3 heterocycles. The van der Waals surface area contributed by atoms with Crippen LogP contribution in [0.2, 0.25) is 0 Å². The number of aryl methyl sites for hydroxylation is 1. The van der Waals surface area contributed by atoms with Crippen LogP contribution in [-0.4, -0.2) is 83.2 Å². The van der Waals surface area contributed by atoms with Gasteiger partial charge in [-0.3, -0.25) is 14.5 Å². The number of ether oxygens (including phenoxy) is 2. The van der Waals surface area contributed by atoms with Gasteiger partial charge in [0, 0.05) is 38.6 Å². The Bertz CT molecular complexity index is 1560. The number of carbonyl (C=O) groups is 2. The molecule has 0 unspecified atom stereocenters. The Balaban J connectivity index is 1.39. The average Bonchev–Trinajstić information content (AvgIpc) is 3.39. The van der Waals surface area contributed by atoms with Gasteiger partial charge in [0.1, 0.15) is 11.3 Å². The number of para-hydroxylation sites is 1. The van der Waals surface area contributed by atoms with Crippen molar-refractivity contribution < 1.29 is 19.1 Å². The molecule has 0 saturated carbocycles. The lowest BCUT2D eigenvalue weighted by Crippen LogP contribution is -2.42. The molecular formula is C33H42N6O4. The second-order valence-electron chi connectivity index (χ2n) is 11.2. The molecule has 228 valence electrons. The van der Waals surface area contributed by atoms with Crippen molar-refractivity contribution in [1.82, 2.24) is 24.3 Å². The number of nitrogens with two attached hydrogens (primary N) is 1. The molecule has 0 spiro atoms. The topological polar surface area (TPSA) is 116 Å². The number of pyridine rings is 1. The van der Waals surface area contributed by atoms with Crippen LogP contribution in [0.3, 0.4) is 0 Å². The predicted octanol–water partition coefficient (Wildman–Crippen LogP) is 3.98. The van der Waals surface area contributed by atoms with Gasteiger partial charge in [-0.2, -0.15) is 0 Å². The van der Waals surface area contributed by atoms with E-state index in [0.717, 1.165) is 65.7 Å². The van der Waals surface area contributed by atoms with Crippen LogP contribution in [0.25, 0.3) is 21.9 Å². The van der Waals surface area contributed by atoms with Crippen LogP contribution in [0, 0.1) is 0 Å². The van der Waals surface area contributed by atoms with E-state index >= 15 is 0 Å². The van der Waals surface area contributed by atoms with Gasteiger partial charge >= 0.3 is 5.97 Å². The number of benzene rings is 2. The molecule has 2 aromatic carbocycles. The molecule has 10 nitrogen and oxygen atoms in total. The number of anilines is 1. The van der Waals surface area contributed by atoms with Crippen LogP contribution in [0.15, 0.2) is 48.5 Å². The van der Waals surface area contributed by atoms with Crippen LogP contribution in [0.5, 0.6) is 0 Å². The number of esters is 1. The average molecular weight is 587 g/mol. The van der Waals surface area contributed by atoms with Gasteiger partial charge < -0.3 is 24.7 Å². The fourth-order valence-electron chi connectivity index (χ4n) is 5.95. The summed E-state index contributed by atoms with van der Waals surface area (Å²) in [6.45, 7) is 4.59. The lowest BCUT2D eigenvalue weighted by molar-refractivity contribution is -0.139. The number of nitrogens with zero attached hydrogens (tertiary/aromatic N) is 5. The van der Waals surface area contributed by atoms with E-state index in [1.54, 1.807) is 7.11 Å². The Morgan fingerprint density at radius 3 is 2.58 bits per heavy atom. The van der Waals surface area contributed by atoms with E-state index in [-0.39, 0.29) is 18.3 Å². The van der Waals surface area contributed by atoms with Gasteiger partial charge in [0.15, 0.2) is 5.82 Å². The molecular weight excluding hydrogens is 544 g/mol. The third-order valence-corrected chi connectivity index (χ3v) is 8.13. The number of piperidine rings is 1. The molecule has 0 atom stereocenters. The smallest absolute Gasteiger partial charge is 0.309 e. The van der Waals surface area contributed by atoms with Gasteiger partial charge in [0.25, 0.3) is 0 Å². The number of hydrogen-bond acceptors (Lipinski definition) is 8. The summed E-state index contributed by atoms with van der Waals surface area (Å²) in [4.78, 5) is 39.3. The molecule has 0 radical (unpaired) electrons. The van der Waals surface area contributed by atoms with Gasteiger partial charge in [-0.1, -0.05) is 48.9 Å². The first-order chi connectivity index (χ1) is 21.0. The van der Waals surface area contributed by atoms with Crippen LogP contribution in [0.1, 0.15) is 42.6 Å². The van der Waals surface area contributed by atoms with Gasteiger partial charge in [-0.15, -0.1) is 0 Å². The Morgan fingerprint density at radius 2 is 1.79 bits per heavy atom. The summed E-state index contributed by atoms with van der Waals surface area (Å²) in [5, 5.41) is 1.00. The number of fused-ring (bicyclic) bond motifs is 3. The number of imidazole rings is 1. The third-order valence-electron chi connectivity index (χ3n) is 8.13. The van der Waals surface area contributed by atoms with Gasteiger partial charge in [0.2, 0.25) is 5.91 Å². The standard InChI is InChI=1S/C33H42N6O4/c1-42-19-14-28-36-31-32(26-12-4-5-13-27(26)35-33(31)34)39(28)18-9-17-38(29(40)23-37-15-6-3-7-16-37)22-25-11-8-10-24(20-25)21-30(41)43-2/h4-5,8,10-13,20H,3,6-7,9,14-19,21-23H2,1-2H3,(H2,34,35). The predicted molar refractivity (Wildman–Crippen MR) is 168 cm³/mol. The van der Waals surface area contributed by atoms with E-state index in [0.29, 0.717) is 50.5 Å². The summed E-state index contributed by atoms with van der Waals surface area (Å²) in [5.74, 6) is 1.14.